The molecule has 0 aromatic carbocycles. The van der Waals surface area contributed by atoms with E-state index in [2.05, 4.69) is 11.7 Å². The quantitative estimate of drug-likeness (QED) is 0.448. The van der Waals surface area contributed by atoms with Crippen molar-refractivity contribution in [1.29, 1.82) is 0 Å². The van der Waals surface area contributed by atoms with Crippen LogP contribution in [0.5, 0.6) is 0 Å². The molecule has 4 nitrogen and oxygen atoms in total. The summed E-state index contributed by atoms with van der Waals surface area (Å²) in [5.41, 5.74) is 1.44. The number of rotatable bonds is 5. The summed E-state index contributed by atoms with van der Waals surface area (Å²) in [5.74, 6) is 0.201. The summed E-state index contributed by atoms with van der Waals surface area (Å²) in [6.45, 7) is 7.80. The highest BCUT2D eigenvalue weighted by atomic mass is 32.2. The van der Waals surface area contributed by atoms with Crippen molar-refractivity contribution < 1.29 is 9.53 Å². The molecule has 0 fully saturated rings. The normalized spacial score (nSPS) is 10.2. The number of hydrogen-bond acceptors (Lipinski definition) is 4. The highest BCUT2D eigenvalue weighted by Gasteiger charge is 2.10. The second-order valence-corrected chi connectivity index (χ2v) is 4.36. The minimum absolute atomic E-state index is 0.325. The molecule has 1 heterocycles. The molecule has 0 saturated carbocycles. The van der Waals surface area contributed by atoms with E-state index >= 15 is 0 Å². The topological polar surface area (TPSA) is 44.1 Å². The summed E-state index contributed by atoms with van der Waals surface area (Å²) in [7, 11) is 1.88. The Morgan fingerprint density at radius 1 is 1.69 bits per heavy atom. The van der Waals surface area contributed by atoms with Gasteiger partial charge in [0.05, 0.1) is 17.3 Å². The molecule has 88 valence electrons. The number of carbonyl (C=O) groups excluding carboxylic acids is 1. The average Bonchev–Trinajstić information content (AvgIpc) is 2.54. The number of hydrogen-bond donors (Lipinski definition) is 0. The molecule has 0 aliphatic carbocycles. The van der Waals surface area contributed by atoms with E-state index in [0.29, 0.717) is 17.9 Å². The number of esters is 1. The number of aryl methyl sites for hydroxylation is 2. The summed E-state index contributed by atoms with van der Waals surface area (Å²) in [5, 5.41) is 5.24. The van der Waals surface area contributed by atoms with Gasteiger partial charge in [-0.3, -0.25) is 4.68 Å². The number of ether oxygens (including phenoxy) is 1. The molecule has 0 bridgehead atoms. The Kier molecular flexibility index (Phi) is 4.61. The lowest BCUT2D eigenvalue weighted by Gasteiger charge is -2.04. The van der Waals surface area contributed by atoms with Crippen LogP contribution in [-0.4, -0.2) is 28.1 Å². The van der Waals surface area contributed by atoms with E-state index in [1.165, 1.54) is 11.8 Å². The SMILES string of the molecule is C=C(CSc1cc(C)nn1C)C(=O)OCC. The predicted molar refractivity (Wildman–Crippen MR) is 64.4 cm³/mol. The first kappa shape index (κ1) is 12.8. The highest BCUT2D eigenvalue weighted by molar-refractivity contribution is 7.99. The first-order valence-electron chi connectivity index (χ1n) is 5.03. The molecule has 0 unspecified atom stereocenters. The molecule has 0 radical (unpaired) electrons. The summed E-state index contributed by atoms with van der Waals surface area (Å²) in [6, 6.07) is 1.98. The molecule has 1 rings (SSSR count). The second-order valence-electron chi connectivity index (χ2n) is 3.36. The molecular formula is C11H16N2O2S. The standard InChI is InChI=1S/C11H16N2O2S/c1-5-15-11(14)8(2)7-16-10-6-9(3)12-13(10)4/h6H,2,5,7H2,1,3-4H3. The van der Waals surface area contributed by atoms with Crippen molar-refractivity contribution >= 4 is 17.7 Å². The molecule has 0 N–H and O–H groups in total. The third-order valence-electron chi connectivity index (χ3n) is 1.92. The predicted octanol–water partition coefficient (Wildman–Crippen LogP) is 1.94. The number of nitrogens with zero attached hydrogens (tertiary/aromatic N) is 2. The lowest BCUT2D eigenvalue weighted by molar-refractivity contribution is -0.138. The van der Waals surface area contributed by atoms with Crippen molar-refractivity contribution in [2.45, 2.75) is 18.9 Å². The van der Waals surface area contributed by atoms with Crippen LogP contribution in [0.2, 0.25) is 0 Å². The van der Waals surface area contributed by atoms with Gasteiger partial charge >= 0.3 is 5.97 Å². The summed E-state index contributed by atoms with van der Waals surface area (Å²) >= 11 is 1.53. The maximum absolute atomic E-state index is 11.3. The van der Waals surface area contributed by atoms with Crippen molar-refractivity contribution in [3.8, 4) is 0 Å². The summed E-state index contributed by atoms with van der Waals surface area (Å²) in [4.78, 5) is 11.3. The second kappa shape index (κ2) is 5.75. The Bertz CT molecular complexity index is 399. The smallest absolute Gasteiger partial charge is 0.334 e. The van der Waals surface area contributed by atoms with Gasteiger partial charge in [-0.1, -0.05) is 6.58 Å². The maximum atomic E-state index is 11.3. The molecule has 0 atom stereocenters. The Balaban J connectivity index is 2.49. The summed E-state index contributed by atoms with van der Waals surface area (Å²) < 4.78 is 6.64. The van der Waals surface area contributed by atoms with Crippen molar-refractivity contribution in [3.63, 3.8) is 0 Å². The largest absolute Gasteiger partial charge is 0.463 e. The summed E-state index contributed by atoms with van der Waals surface area (Å²) in [6.07, 6.45) is 0. The third kappa shape index (κ3) is 3.41. The molecule has 1 aromatic rings. The fraction of sp³-hybridized carbons (Fsp3) is 0.455. The lowest BCUT2D eigenvalue weighted by atomic mass is 10.4. The molecule has 16 heavy (non-hydrogen) atoms. The van der Waals surface area contributed by atoms with Crippen molar-refractivity contribution in [2.24, 2.45) is 7.05 Å². The van der Waals surface area contributed by atoms with Crippen LogP contribution in [-0.2, 0) is 16.6 Å². The number of thioether (sulfide) groups is 1. The van der Waals surface area contributed by atoms with Crippen LogP contribution in [0.3, 0.4) is 0 Å². The van der Waals surface area contributed by atoms with Crippen LogP contribution in [0.1, 0.15) is 12.6 Å². The van der Waals surface area contributed by atoms with Crippen molar-refractivity contribution in [1.82, 2.24) is 9.78 Å². The van der Waals surface area contributed by atoms with Crippen molar-refractivity contribution in [2.75, 3.05) is 12.4 Å². The number of aromatic nitrogens is 2. The molecule has 0 amide bonds. The van der Waals surface area contributed by atoms with Gasteiger partial charge < -0.3 is 4.74 Å². The molecule has 5 heteroatoms. The van der Waals surface area contributed by atoms with Gasteiger partial charge in [-0.05, 0) is 19.9 Å². The first-order valence-corrected chi connectivity index (χ1v) is 6.01. The molecule has 0 aliphatic rings. The van der Waals surface area contributed by atoms with E-state index in [0.717, 1.165) is 10.7 Å². The van der Waals surface area contributed by atoms with E-state index in [9.17, 15) is 4.79 Å². The van der Waals surface area contributed by atoms with Crippen LogP contribution >= 0.6 is 11.8 Å². The van der Waals surface area contributed by atoms with Crippen LogP contribution in [0.4, 0.5) is 0 Å². The van der Waals surface area contributed by atoms with E-state index in [1.54, 1.807) is 11.6 Å². The van der Waals surface area contributed by atoms with Crippen LogP contribution < -0.4 is 0 Å². The fourth-order valence-corrected chi connectivity index (χ4v) is 2.10. The Morgan fingerprint density at radius 2 is 2.38 bits per heavy atom. The Morgan fingerprint density at radius 3 is 2.88 bits per heavy atom. The lowest BCUT2D eigenvalue weighted by Crippen LogP contribution is -2.08. The molecule has 1 aromatic heterocycles. The van der Waals surface area contributed by atoms with Gasteiger partial charge in [0.15, 0.2) is 0 Å². The zero-order valence-electron chi connectivity index (χ0n) is 9.82. The third-order valence-corrected chi connectivity index (χ3v) is 3.09. The minimum atomic E-state index is -0.325. The monoisotopic (exact) mass is 240 g/mol. The Hall–Kier alpha value is -1.23. The van der Waals surface area contributed by atoms with E-state index < -0.39 is 0 Å². The number of carbonyl (C=O) groups is 1. The zero-order valence-corrected chi connectivity index (χ0v) is 10.6. The van der Waals surface area contributed by atoms with Gasteiger partial charge in [-0.2, -0.15) is 5.10 Å². The first-order chi connectivity index (χ1) is 7.54. The molecule has 0 aliphatic heterocycles. The Labute approximate surface area is 99.7 Å². The van der Waals surface area contributed by atoms with Crippen LogP contribution in [0.25, 0.3) is 0 Å². The van der Waals surface area contributed by atoms with Gasteiger partial charge in [-0.15, -0.1) is 11.8 Å². The van der Waals surface area contributed by atoms with Crippen molar-refractivity contribution in [3.05, 3.63) is 23.9 Å². The van der Waals surface area contributed by atoms with Gasteiger partial charge in [0.1, 0.15) is 0 Å². The molecular weight excluding hydrogens is 224 g/mol. The minimum Gasteiger partial charge on any atom is -0.463 e. The van der Waals surface area contributed by atoms with Gasteiger partial charge in [0.25, 0.3) is 0 Å². The molecule has 0 spiro atoms. The zero-order chi connectivity index (χ0) is 12.1. The highest BCUT2D eigenvalue weighted by Crippen LogP contribution is 2.20. The van der Waals surface area contributed by atoms with Gasteiger partial charge in [0, 0.05) is 18.4 Å². The van der Waals surface area contributed by atoms with Crippen LogP contribution in [0.15, 0.2) is 23.2 Å². The van der Waals surface area contributed by atoms with E-state index in [-0.39, 0.29) is 5.97 Å². The average molecular weight is 240 g/mol. The fourth-order valence-electron chi connectivity index (χ4n) is 1.18. The van der Waals surface area contributed by atoms with E-state index in [4.69, 9.17) is 4.74 Å². The maximum Gasteiger partial charge on any atom is 0.334 e. The van der Waals surface area contributed by atoms with Gasteiger partial charge in [0.2, 0.25) is 0 Å². The van der Waals surface area contributed by atoms with Crippen LogP contribution in [0, 0.1) is 6.92 Å². The molecule has 0 saturated heterocycles. The van der Waals surface area contributed by atoms with E-state index in [1.807, 2.05) is 20.0 Å². The van der Waals surface area contributed by atoms with Gasteiger partial charge in [-0.25, -0.2) is 4.79 Å².